The van der Waals surface area contributed by atoms with Crippen molar-refractivity contribution in [2.24, 2.45) is 0 Å². The van der Waals surface area contributed by atoms with Gasteiger partial charge in [-0.3, -0.25) is 0 Å². The third-order valence-corrected chi connectivity index (χ3v) is 3.86. The first-order valence-corrected chi connectivity index (χ1v) is 7.51. The molecule has 1 amide bonds. The number of ether oxygens (including phenoxy) is 1. The molecule has 5 nitrogen and oxygen atoms in total. The largest absolute Gasteiger partial charge is 0.479 e. The maximum atomic E-state index is 11.9. The molecule has 1 aliphatic carbocycles. The smallest absolute Gasteiger partial charge is 0.408 e. The van der Waals surface area contributed by atoms with E-state index in [2.05, 4.69) is 12.2 Å². The third-order valence-electron chi connectivity index (χ3n) is 3.86. The highest BCUT2D eigenvalue weighted by Crippen LogP contribution is 2.51. The predicted molar refractivity (Wildman–Crippen MR) is 82.9 cm³/mol. The van der Waals surface area contributed by atoms with Crippen molar-refractivity contribution in [1.29, 1.82) is 0 Å². The van der Waals surface area contributed by atoms with E-state index in [1.807, 2.05) is 24.3 Å². The van der Waals surface area contributed by atoms with E-state index >= 15 is 0 Å². The molecule has 0 spiro atoms. The van der Waals surface area contributed by atoms with Crippen LogP contribution >= 0.6 is 0 Å². The lowest BCUT2D eigenvalue weighted by molar-refractivity contribution is -0.140. The van der Waals surface area contributed by atoms with Gasteiger partial charge in [0.15, 0.2) is 0 Å². The fraction of sp³-hybridized carbons (Fsp3) is 0.529. The van der Waals surface area contributed by atoms with E-state index in [4.69, 9.17) is 4.74 Å². The van der Waals surface area contributed by atoms with Gasteiger partial charge in [-0.15, -0.1) is 0 Å². The van der Waals surface area contributed by atoms with Gasteiger partial charge in [0.1, 0.15) is 11.1 Å². The Balaban J connectivity index is 2.12. The summed E-state index contributed by atoms with van der Waals surface area (Å²) in [4.78, 5) is 23.5. The Kier molecular flexibility index (Phi) is 4.18. The zero-order valence-electron chi connectivity index (χ0n) is 13.5. The molecule has 2 atom stereocenters. The number of carbonyl (C=O) groups excluding carboxylic acids is 1. The Bertz CT molecular complexity index is 573. The summed E-state index contributed by atoms with van der Waals surface area (Å²) >= 11 is 0. The summed E-state index contributed by atoms with van der Waals surface area (Å²) in [5.41, 5.74) is 0.216. The standard InChI is InChI=1S/C17H23NO4/c1-5-11-6-8-12(9-7-11)13-10-17(13,14(19)20)18-15(21)22-16(2,3)4/h6-9,13H,5,10H2,1-4H3,(H,18,21)(H,19,20). The highest BCUT2D eigenvalue weighted by molar-refractivity contribution is 5.90. The fourth-order valence-corrected chi connectivity index (χ4v) is 2.56. The summed E-state index contributed by atoms with van der Waals surface area (Å²) in [6, 6.07) is 7.86. The molecule has 5 heteroatoms. The highest BCUT2D eigenvalue weighted by atomic mass is 16.6. The molecule has 0 bridgehead atoms. The van der Waals surface area contributed by atoms with Crippen molar-refractivity contribution in [3.63, 3.8) is 0 Å². The van der Waals surface area contributed by atoms with Crippen LogP contribution in [0.15, 0.2) is 24.3 Å². The lowest BCUT2D eigenvalue weighted by Gasteiger charge is -2.22. The first kappa shape index (κ1) is 16.3. The molecule has 2 N–H and O–H groups in total. The van der Waals surface area contributed by atoms with Crippen molar-refractivity contribution < 1.29 is 19.4 Å². The van der Waals surface area contributed by atoms with Gasteiger partial charge in [0, 0.05) is 5.92 Å². The number of nitrogens with one attached hydrogen (secondary N) is 1. The molecule has 0 aliphatic heterocycles. The quantitative estimate of drug-likeness (QED) is 0.896. The van der Waals surface area contributed by atoms with Crippen LogP contribution in [0.5, 0.6) is 0 Å². The normalized spacial score (nSPS) is 23.7. The van der Waals surface area contributed by atoms with Gasteiger partial charge < -0.3 is 15.2 Å². The lowest BCUT2D eigenvalue weighted by Crippen LogP contribution is -2.46. The van der Waals surface area contributed by atoms with Crippen molar-refractivity contribution >= 4 is 12.1 Å². The van der Waals surface area contributed by atoms with E-state index in [0.717, 1.165) is 12.0 Å². The third kappa shape index (κ3) is 3.40. The van der Waals surface area contributed by atoms with Crippen molar-refractivity contribution in [3.05, 3.63) is 35.4 Å². The first-order chi connectivity index (χ1) is 10.2. The number of alkyl carbamates (subject to hydrolysis) is 1. The zero-order valence-corrected chi connectivity index (χ0v) is 13.5. The van der Waals surface area contributed by atoms with E-state index in [1.54, 1.807) is 20.8 Å². The minimum atomic E-state index is -1.25. The van der Waals surface area contributed by atoms with Crippen LogP contribution in [0.1, 0.15) is 51.2 Å². The number of rotatable bonds is 4. The minimum absolute atomic E-state index is 0.219. The Morgan fingerprint density at radius 1 is 1.32 bits per heavy atom. The minimum Gasteiger partial charge on any atom is -0.479 e. The second-order valence-electron chi connectivity index (χ2n) is 6.76. The van der Waals surface area contributed by atoms with Crippen molar-refractivity contribution in [2.45, 2.75) is 57.6 Å². The molecule has 1 aromatic carbocycles. The summed E-state index contributed by atoms with van der Waals surface area (Å²) in [5.74, 6) is -1.24. The number of carbonyl (C=O) groups is 2. The summed E-state index contributed by atoms with van der Waals surface area (Å²) in [5, 5.41) is 12.1. The Morgan fingerprint density at radius 2 is 1.91 bits per heavy atom. The van der Waals surface area contributed by atoms with Crippen molar-refractivity contribution in [2.75, 3.05) is 0 Å². The van der Waals surface area contributed by atoms with Gasteiger partial charge in [0.25, 0.3) is 0 Å². The molecule has 22 heavy (non-hydrogen) atoms. The molecular weight excluding hydrogens is 282 g/mol. The molecule has 120 valence electrons. The Hall–Kier alpha value is -2.04. The van der Waals surface area contributed by atoms with Gasteiger partial charge in [-0.05, 0) is 44.7 Å². The molecule has 0 aromatic heterocycles. The SMILES string of the molecule is CCc1ccc(C2CC2(NC(=O)OC(C)(C)C)C(=O)O)cc1. The van der Waals surface area contributed by atoms with Crippen LogP contribution in [0, 0.1) is 0 Å². The van der Waals surface area contributed by atoms with E-state index in [-0.39, 0.29) is 5.92 Å². The number of amides is 1. The zero-order chi connectivity index (χ0) is 16.5. The summed E-state index contributed by atoms with van der Waals surface area (Å²) in [6.45, 7) is 7.30. The van der Waals surface area contributed by atoms with Crippen LogP contribution in [0.3, 0.4) is 0 Å². The van der Waals surface area contributed by atoms with E-state index in [0.29, 0.717) is 6.42 Å². The Morgan fingerprint density at radius 3 is 2.36 bits per heavy atom. The molecule has 0 heterocycles. The number of aliphatic carboxylic acids is 1. The van der Waals surface area contributed by atoms with Gasteiger partial charge in [0.05, 0.1) is 0 Å². The average Bonchev–Trinajstić information content (AvgIpc) is 3.12. The molecular formula is C17H23NO4. The predicted octanol–water partition coefficient (Wildman–Crippen LogP) is 3.08. The molecule has 2 unspecified atom stereocenters. The second-order valence-corrected chi connectivity index (χ2v) is 6.76. The number of carboxylic acid groups (broad SMARTS) is 1. The van der Waals surface area contributed by atoms with Crippen LogP contribution < -0.4 is 5.32 Å². The van der Waals surface area contributed by atoms with Gasteiger partial charge >= 0.3 is 12.1 Å². The van der Waals surface area contributed by atoms with Crippen LogP contribution in [0.25, 0.3) is 0 Å². The van der Waals surface area contributed by atoms with E-state index in [1.165, 1.54) is 5.56 Å². The molecule has 0 saturated heterocycles. The number of hydrogen-bond acceptors (Lipinski definition) is 3. The van der Waals surface area contributed by atoms with Crippen LogP contribution in [0.4, 0.5) is 4.79 Å². The monoisotopic (exact) mass is 305 g/mol. The van der Waals surface area contributed by atoms with E-state index < -0.39 is 23.2 Å². The maximum Gasteiger partial charge on any atom is 0.408 e. The van der Waals surface area contributed by atoms with Gasteiger partial charge in [0.2, 0.25) is 0 Å². The number of benzene rings is 1. The molecule has 1 fully saturated rings. The average molecular weight is 305 g/mol. The van der Waals surface area contributed by atoms with Crippen molar-refractivity contribution in [3.8, 4) is 0 Å². The number of aryl methyl sites for hydroxylation is 1. The number of hydrogen-bond donors (Lipinski definition) is 2. The van der Waals surface area contributed by atoms with E-state index in [9.17, 15) is 14.7 Å². The fourth-order valence-electron chi connectivity index (χ4n) is 2.56. The highest BCUT2D eigenvalue weighted by Gasteiger charge is 2.62. The summed E-state index contributed by atoms with van der Waals surface area (Å²) in [7, 11) is 0. The van der Waals surface area contributed by atoms with Crippen LogP contribution in [0.2, 0.25) is 0 Å². The summed E-state index contributed by atoms with van der Waals surface area (Å²) in [6.07, 6.45) is 0.626. The second kappa shape index (κ2) is 5.63. The van der Waals surface area contributed by atoms with Crippen LogP contribution in [-0.2, 0) is 16.0 Å². The molecule has 0 radical (unpaired) electrons. The Labute approximate surface area is 130 Å². The first-order valence-electron chi connectivity index (χ1n) is 7.51. The van der Waals surface area contributed by atoms with Gasteiger partial charge in [-0.1, -0.05) is 31.2 Å². The molecule has 1 aromatic rings. The topological polar surface area (TPSA) is 75.6 Å². The van der Waals surface area contributed by atoms with Crippen molar-refractivity contribution in [1.82, 2.24) is 5.32 Å². The molecule has 1 aliphatic rings. The van der Waals surface area contributed by atoms with Gasteiger partial charge in [-0.25, -0.2) is 9.59 Å². The molecule has 1 saturated carbocycles. The summed E-state index contributed by atoms with van der Waals surface area (Å²) < 4.78 is 5.17. The van der Waals surface area contributed by atoms with Crippen LogP contribution in [-0.4, -0.2) is 28.3 Å². The van der Waals surface area contributed by atoms with Gasteiger partial charge in [-0.2, -0.15) is 0 Å². The molecule has 2 rings (SSSR count). The lowest BCUT2D eigenvalue weighted by atomic mass is 10.0. The number of carboxylic acids is 1. The maximum absolute atomic E-state index is 11.9.